The molecule has 8 heteroatoms. The molecule has 3 heterocycles. The van der Waals surface area contributed by atoms with Crippen LogP contribution in [0.4, 0.5) is 5.13 Å². The molecule has 1 amide bonds. The van der Waals surface area contributed by atoms with Crippen molar-refractivity contribution in [3.63, 3.8) is 0 Å². The zero-order chi connectivity index (χ0) is 19.0. The van der Waals surface area contributed by atoms with Crippen molar-refractivity contribution >= 4 is 43.9 Å². The number of nitrogens with one attached hydrogen (secondary N) is 1. The Morgan fingerprint density at radius 3 is 2.89 bits per heavy atom. The molecule has 0 unspecified atom stereocenters. The molecule has 0 radical (unpaired) electrons. The molecular formula is C19H22N4O2S2. The summed E-state index contributed by atoms with van der Waals surface area (Å²) in [6.45, 7) is 4.25. The topological polar surface area (TPSA) is 76.9 Å². The van der Waals surface area contributed by atoms with Crippen LogP contribution in [-0.4, -0.2) is 20.4 Å². The van der Waals surface area contributed by atoms with Crippen molar-refractivity contribution in [2.75, 3.05) is 5.32 Å². The second-order valence-corrected chi connectivity index (χ2v) is 9.24. The van der Waals surface area contributed by atoms with Crippen LogP contribution in [0.3, 0.4) is 0 Å². The molecule has 1 N–H and O–H groups in total. The maximum absolute atomic E-state index is 12.7. The molecule has 0 aromatic carbocycles. The van der Waals surface area contributed by atoms with Crippen LogP contribution in [0.1, 0.15) is 46.7 Å². The maximum Gasteiger partial charge on any atom is 0.262 e. The largest absolute Gasteiger partial charge is 0.302 e. The van der Waals surface area contributed by atoms with E-state index < -0.39 is 0 Å². The van der Waals surface area contributed by atoms with Crippen LogP contribution in [0.15, 0.2) is 11.1 Å². The summed E-state index contributed by atoms with van der Waals surface area (Å²) >= 11 is 3.12. The van der Waals surface area contributed by atoms with Gasteiger partial charge in [-0.1, -0.05) is 6.42 Å². The van der Waals surface area contributed by atoms with Gasteiger partial charge in [-0.05, 0) is 45.1 Å². The van der Waals surface area contributed by atoms with E-state index in [2.05, 4.69) is 15.3 Å². The number of aromatic nitrogens is 3. The number of thiazole rings is 1. The van der Waals surface area contributed by atoms with Crippen molar-refractivity contribution in [2.24, 2.45) is 0 Å². The van der Waals surface area contributed by atoms with Gasteiger partial charge in [0, 0.05) is 22.7 Å². The van der Waals surface area contributed by atoms with E-state index in [0.29, 0.717) is 17.1 Å². The van der Waals surface area contributed by atoms with E-state index in [1.807, 2.05) is 13.8 Å². The van der Waals surface area contributed by atoms with Crippen LogP contribution in [0.2, 0.25) is 0 Å². The summed E-state index contributed by atoms with van der Waals surface area (Å²) in [5, 5.41) is 4.24. The normalized spacial score (nSPS) is 14.1. The number of anilines is 1. The Labute approximate surface area is 165 Å². The van der Waals surface area contributed by atoms with Gasteiger partial charge in [0.1, 0.15) is 4.83 Å². The summed E-state index contributed by atoms with van der Waals surface area (Å²) in [4.78, 5) is 37.2. The fourth-order valence-corrected chi connectivity index (χ4v) is 5.47. The molecule has 4 rings (SSSR count). The average molecular weight is 403 g/mol. The number of fused-ring (bicyclic) bond motifs is 2. The summed E-state index contributed by atoms with van der Waals surface area (Å²) in [6, 6.07) is 0. The van der Waals surface area contributed by atoms with Crippen molar-refractivity contribution in [2.45, 2.75) is 58.9 Å². The fourth-order valence-electron chi connectivity index (χ4n) is 3.42. The lowest BCUT2D eigenvalue weighted by Gasteiger charge is -2.05. The number of rotatable bonds is 4. The van der Waals surface area contributed by atoms with Crippen molar-refractivity contribution in [3.05, 3.63) is 37.7 Å². The first-order valence-electron chi connectivity index (χ1n) is 9.26. The van der Waals surface area contributed by atoms with Crippen LogP contribution in [0.25, 0.3) is 10.2 Å². The van der Waals surface area contributed by atoms with Gasteiger partial charge < -0.3 is 5.32 Å². The zero-order valence-corrected chi connectivity index (χ0v) is 17.1. The van der Waals surface area contributed by atoms with Crippen molar-refractivity contribution in [1.82, 2.24) is 14.5 Å². The third-order valence-corrected chi connectivity index (χ3v) is 7.27. The van der Waals surface area contributed by atoms with E-state index >= 15 is 0 Å². The van der Waals surface area contributed by atoms with E-state index in [9.17, 15) is 9.59 Å². The highest BCUT2D eigenvalue weighted by atomic mass is 32.1. The summed E-state index contributed by atoms with van der Waals surface area (Å²) in [7, 11) is 0. The predicted molar refractivity (Wildman–Crippen MR) is 110 cm³/mol. The second-order valence-electron chi connectivity index (χ2n) is 6.95. The van der Waals surface area contributed by atoms with Gasteiger partial charge in [-0.25, -0.2) is 9.97 Å². The van der Waals surface area contributed by atoms with E-state index in [1.165, 1.54) is 40.0 Å². The smallest absolute Gasteiger partial charge is 0.262 e. The summed E-state index contributed by atoms with van der Waals surface area (Å²) in [5.41, 5.74) is 2.05. The molecule has 0 aliphatic heterocycles. The van der Waals surface area contributed by atoms with Gasteiger partial charge in [0.25, 0.3) is 5.56 Å². The lowest BCUT2D eigenvalue weighted by atomic mass is 10.2. The monoisotopic (exact) mass is 402 g/mol. The number of hydrogen-bond donors (Lipinski definition) is 1. The maximum atomic E-state index is 12.7. The van der Waals surface area contributed by atoms with E-state index in [1.54, 1.807) is 17.7 Å². The summed E-state index contributed by atoms with van der Waals surface area (Å²) in [5.74, 6) is -0.121. The Kier molecular flexibility index (Phi) is 5.10. The molecule has 0 spiro atoms. The van der Waals surface area contributed by atoms with Gasteiger partial charge in [0.2, 0.25) is 5.91 Å². The number of hydrogen-bond acceptors (Lipinski definition) is 6. The zero-order valence-electron chi connectivity index (χ0n) is 15.5. The number of amides is 1. The molecule has 0 fully saturated rings. The highest BCUT2D eigenvalue weighted by Crippen LogP contribution is 2.29. The first-order valence-corrected chi connectivity index (χ1v) is 10.9. The highest BCUT2D eigenvalue weighted by Gasteiger charge is 2.16. The van der Waals surface area contributed by atoms with E-state index in [0.717, 1.165) is 33.8 Å². The Bertz CT molecular complexity index is 1040. The molecule has 0 bridgehead atoms. The standard InChI is InChI=1S/C19H22N4O2S2/c1-11-12(2)26-17-16(11)18(25)23(10-20-17)9-8-15(24)22-19-21-13-6-4-3-5-7-14(13)27-19/h10H,3-9H2,1-2H3,(H,21,22,24). The molecule has 3 aromatic rings. The number of aryl methyl sites for hydroxylation is 5. The van der Waals surface area contributed by atoms with Gasteiger partial charge in [-0.3, -0.25) is 14.2 Å². The Hall–Kier alpha value is -2.06. The minimum absolute atomic E-state index is 0.0735. The van der Waals surface area contributed by atoms with Gasteiger partial charge in [-0.15, -0.1) is 22.7 Å². The predicted octanol–water partition coefficient (Wildman–Crippen LogP) is 3.83. The van der Waals surface area contributed by atoms with Crippen LogP contribution in [0, 0.1) is 13.8 Å². The first kappa shape index (κ1) is 18.3. The third-order valence-electron chi connectivity index (χ3n) is 5.08. The molecule has 6 nitrogen and oxygen atoms in total. The highest BCUT2D eigenvalue weighted by molar-refractivity contribution is 7.18. The number of carbonyl (C=O) groups is 1. The molecule has 3 aromatic heterocycles. The molecule has 1 aliphatic rings. The lowest BCUT2D eigenvalue weighted by molar-refractivity contribution is -0.116. The minimum Gasteiger partial charge on any atom is -0.302 e. The van der Waals surface area contributed by atoms with Gasteiger partial charge in [0.05, 0.1) is 17.4 Å². The van der Waals surface area contributed by atoms with Gasteiger partial charge in [0.15, 0.2) is 5.13 Å². The molecule has 142 valence electrons. The second kappa shape index (κ2) is 7.52. The van der Waals surface area contributed by atoms with Gasteiger partial charge in [-0.2, -0.15) is 0 Å². The lowest BCUT2D eigenvalue weighted by Crippen LogP contribution is -2.23. The van der Waals surface area contributed by atoms with Crippen LogP contribution < -0.4 is 10.9 Å². The van der Waals surface area contributed by atoms with Crippen LogP contribution in [0.5, 0.6) is 0 Å². The molecule has 1 aliphatic carbocycles. The summed E-state index contributed by atoms with van der Waals surface area (Å²) in [6.07, 6.45) is 7.44. The first-order chi connectivity index (χ1) is 13.0. The van der Waals surface area contributed by atoms with Crippen molar-refractivity contribution < 1.29 is 4.79 Å². The molecule has 0 saturated heterocycles. The number of thiophene rings is 1. The van der Waals surface area contributed by atoms with Gasteiger partial charge >= 0.3 is 0 Å². The van der Waals surface area contributed by atoms with Crippen LogP contribution in [-0.2, 0) is 24.2 Å². The fraction of sp³-hybridized carbons (Fsp3) is 0.474. The van der Waals surface area contributed by atoms with Crippen molar-refractivity contribution in [3.8, 4) is 0 Å². The Balaban J connectivity index is 1.44. The molecular weight excluding hydrogens is 380 g/mol. The van der Waals surface area contributed by atoms with E-state index in [4.69, 9.17) is 0 Å². The number of carbonyl (C=O) groups excluding carboxylic acids is 1. The SMILES string of the molecule is Cc1sc2ncn(CCC(=O)Nc3nc4c(s3)CCCCC4)c(=O)c2c1C. The molecule has 0 atom stereocenters. The third kappa shape index (κ3) is 3.68. The molecule has 27 heavy (non-hydrogen) atoms. The van der Waals surface area contributed by atoms with Crippen molar-refractivity contribution in [1.29, 1.82) is 0 Å². The minimum atomic E-state index is -0.121. The average Bonchev–Trinajstić information content (AvgIpc) is 3.06. The van der Waals surface area contributed by atoms with E-state index in [-0.39, 0.29) is 17.9 Å². The summed E-state index contributed by atoms with van der Waals surface area (Å²) < 4.78 is 1.53. The quantitative estimate of drug-likeness (QED) is 0.673. The van der Waals surface area contributed by atoms with Crippen LogP contribution >= 0.6 is 22.7 Å². The molecule has 0 saturated carbocycles. The Morgan fingerprint density at radius 2 is 2.04 bits per heavy atom. The Morgan fingerprint density at radius 1 is 1.22 bits per heavy atom. The number of nitrogens with zero attached hydrogens (tertiary/aromatic N) is 3.